The SMILES string of the molecule is COC(=O)C(Cc1ccc(Br)c2c1COC2)N=C(c1ccccc1)c1ccccc1. The summed E-state index contributed by atoms with van der Waals surface area (Å²) in [5, 5.41) is 0. The Bertz CT molecular complexity index is 1020. The molecule has 0 saturated heterocycles. The monoisotopic (exact) mass is 463 g/mol. The maximum Gasteiger partial charge on any atom is 0.330 e. The Morgan fingerprint density at radius 3 is 2.17 bits per heavy atom. The highest BCUT2D eigenvalue weighted by atomic mass is 79.9. The molecule has 3 aromatic carbocycles. The number of hydrogen-bond donors (Lipinski definition) is 0. The van der Waals surface area contributed by atoms with Gasteiger partial charge in [-0.2, -0.15) is 0 Å². The molecule has 0 spiro atoms. The summed E-state index contributed by atoms with van der Waals surface area (Å²) in [4.78, 5) is 17.6. The van der Waals surface area contributed by atoms with Gasteiger partial charge in [-0.15, -0.1) is 0 Å². The first-order valence-electron chi connectivity index (χ1n) is 9.80. The maximum atomic E-state index is 12.7. The first-order chi connectivity index (χ1) is 14.7. The van der Waals surface area contributed by atoms with E-state index in [1.807, 2.05) is 72.8 Å². The molecule has 30 heavy (non-hydrogen) atoms. The topological polar surface area (TPSA) is 47.9 Å². The van der Waals surface area contributed by atoms with Crippen molar-refractivity contribution in [2.24, 2.45) is 4.99 Å². The van der Waals surface area contributed by atoms with E-state index < -0.39 is 6.04 Å². The number of esters is 1. The number of nitrogens with zero attached hydrogens (tertiary/aromatic N) is 1. The molecule has 0 radical (unpaired) electrons. The van der Waals surface area contributed by atoms with Crippen LogP contribution in [0.5, 0.6) is 0 Å². The standard InChI is InChI=1S/C25H22BrNO3/c1-29-25(28)23(14-19-12-13-22(26)21-16-30-15-20(19)21)27-24(17-8-4-2-5-9-17)18-10-6-3-7-11-18/h2-13,23H,14-16H2,1H3. The number of ether oxygens (including phenoxy) is 2. The van der Waals surface area contributed by atoms with Crippen molar-refractivity contribution >= 4 is 27.6 Å². The summed E-state index contributed by atoms with van der Waals surface area (Å²) >= 11 is 3.59. The highest BCUT2D eigenvalue weighted by Crippen LogP contribution is 2.31. The van der Waals surface area contributed by atoms with Gasteiger partial charge in [0, 0.05) is 22.0 Å². The lowest BCUT2D eigenvalue weighted by atomic mass is 9.96. The number of methoxy groups -OCH3 is 1. The van der Waals surface area contributed by atoms with Gasteiger partial charge in [0.05, 0.1) is 26.0 Å². The smallest absolute Gasteiger partial charge is 0.330 e. The molecule has 1 unspecified atom stereocenters. The fourth-order valence-corrected chi connectivity index (χ4v) is 4.17. The molecule has 4 rings (SSSR count). The molecule has 3 aromatic rings. The number of carbonyl (C=O) groups is 1. The minimum atomic E-state index is -0.656. The molecule has 0 amide bonds. The van der Waals surface area contributed by atoms with E-state index in [1.165, 1.54) is 7.11 Å². The fourth-order valence-electron chi connectivity index (χ4n) is 3.68. The summed E-state index contributed by atoms with van der Waals surface area (Å²) in [5.74, 6) is -0.352. The lowest BCUT2D eigenvalue weighted by Crippen LogP contribution is -2.25. The molecule has 0 aliphatic carbocycles. The maximum absolute atomic E-state index is 12.7. The predicted octanol–water partition coefficient (Wildman–Crippen LogP) is 5.10. The molecule has 152 valence electrons. The summed E-state index contributed by atoms with van der Waals surface area (Å²) in [6.45, 7) is 1.13. The van der Waals surface area contributed by atoms with E-state index in [4.69, 9.17) is 14.5 Å². The van der Waals surface area contributed by atoms with Crippen LogP contribution in [0.25, 0.3) is 0 Å². The Morgan fingerprint density at radius 1 is 0.967 bits per heavy atom. The average Bonchev–Trinajstić information content (AvgIpc) is 3.30. The average molecular weight is 464 g/mol. The quantitative estimate of drug-likeness (QED) is 0.377. The second-order valence-corrected chi connectivity index (χ2v) is 7.96. The molecular formula is C25H22BrNO3. The van der Waals surface area contributed by atoms with Crippen molar-refractivity contribution in [2.45, 2.75) is 25.7 Å². The zero-order valence-corrected chi connectivity index (χ0v) is 18.3. The molecule has 0 fully saturated rings. The number of fused-ring (bicyclic) bond motifs is 1. The second kappa shape index (κ2) is 9.37. The van der Waals surface area contributed by atoms with Crippen LogP contribution in [-0.4, -0.2) is 24.8 Å². The number of rotatable bonds is 6. The van der Waals surface area contributed by atoms with Crippen LogP contribution >= 0.6 is 15.9 Å². The van der Waals surface area contributed by atoms with Crippen molar-refractivity contribution in [3.63, 3.8) is 0 Å². The van der Waals surface area contributed by atoms with Crippen LogP contribution in [0, 0.1) is 0 Å². The van der Waals surface area contributed by atoms with Crippen molar-refractivity contribution in [3.8, 4) is 0 Å². The molecule has 0 saturated carbocycles. The van der Waals surface area contributed by atoms with Gasteiger partial charge in [0.1, 0.15) is 0 Å². The Balaban J connectivity index is 1.77. The lowest BCUT2D eigenvalue weighted by molar-refractivity contribution is -0.142. The summed E-state index contributed by atoms with van der Waals surface area (Å²) in [5.41, 5.74) is 6.03. The second-order valence-electron chi connectivity index (χ2n) is 7.11. The highest BCUT2D eigenvalue weighted by Gasteiger charge is 2.25. The van der Waals surface area contributed by atoms with E-state index in [9.17, 15) is 4.79 Å². The zero-order chi connectivity index (χ0) is 20.9. The third-order valence-corrected chi connectivity index (χ3v) is 5.97. The third kappa shape index (κ3) is 4.37. The largest absolute Gasteiger partial charge is 0.467 e. The van der Waals surface area contributed by atoms with Gasteiger partial charge < -0.3 is 9.47 Å². The molecule has 1 aliphatic rings. The van der Waals surface area contributed by atoms with E-state index >= 15 is 0 Å². The van der Waals surface area contributed by atoms with Crippen LogP contribution in [0.3, 0.4) is 0 Å². The first-order valence-corrected chi connectivity index (χ1v) is 10.6. The molecule has 1 atom stereocenters. The van der Waals surface area contributed by atoms with Gasteiger partial charge in [-0.25, -0.2) is 4.79 Å². The van der Waals surface area contributed by atoms with E-state index in [-0.39, 0.29) is 5.97 Å². The summed E-state index contributed by atoms with van der Waals surface area (Å²) in [7, 11) is 1.41. The van der Waals surface area contributed by atoms with E-state index in [0.717, 1.165) is 38.0 Å². The summed E-state index contributed by atoms with van der Waals surface area (Å²) in [6, 6.07) is 23.2. The van der Waals surface area contributed by atoms with Gasteiger partial charge in [-0.05, 0) is 22.8 Å². The van der Waals surface area contributed by atoms with E-state index in [1.54, 1.807) is 0 Å². The highest BCUT2D eigenvalue weighted by molar-refractivity contribution is 9.10. The molecule has 1 heterocycles. The van der Waals surface area contributed by atoms with Crippen LogP contribution in [0.4, 0.5) is 0 Å². The minimum Gasteiger partial charge on any atom is -0.467 e. The summed E-state index contributed by atoms with van der Waals surface area (Å²) in [6.07, 6.45) is 0.453. The van der Waals surface area contributed by atoms with Crippen molar-refractivity contribution in [2.75, 3.05) is 7.11 Å². The fraction of sp³-hybridized carbons (Fsp3) is 0.200. The predicted molar refractivity (Wildman–Crippen MR) is 121 cm³/mol. The van der Waals surface area contributed by atoms with Gasteiger partial charge in [-0.1, -0.05) is 82.7 Å². The normalized spacial score (nSPS) is 13.4. The first kappa shape index (κ1) is 20.5. The number of halogens is 1. The summed E-state index contributed by atoms with van der Waals surface area (Å²) < 4.78 is 11.8. The lowest BCUT2D eigenvalue weighted by Gasteiger charge is -2.16. The van der Waals surface area contributed by atoms with Gasteiger partial charge in [0.2, 0.25) is 0 Å². The van der Waals surface area contributed by atoms with Crippen molar-refractivity contribution < 1.29 is 14.3 Å². The van der Waals surface area contributed by atoms with Crippen LogP contribution in [0.2, 0.25) is 0 Å². The van der Waals surface area contributed by atoms with Gasteiger partial charge in [0.25, 0.3) is 0 Å². The Kier molecular flexibility index (Phi) is 6.41. The van der Waals surface area contributed by atoms with Crippen LogP contribution in [0.15, 0.2) is 82.3 Å². The van der Waals surface area contributed by atoms with E-state index in [2.05, 4.69) is 15.9 Å². The van der Waals surface area contributed by atoms with Crippen LogP contribution in [0.1, 0.15) is 27.8 Å². The Hall–Kier alpha value is -2.76. The van der Waals surface area contributed by atoms with Crippen LogP contribution in [-0.2, 0) is 33.9 Å². The number of carbonyl (C=O) groups excluding carboxylic acids is 1. The van der Waals surface area contributed by atoms with Gasteiger partial charge in [-0.3, -0.25) is 4.99 Å². The molecule has 4 nitrogen and oxygen atoms in total. The number of hydrogen-bond acceptors (Lipinski definition) is 4. The number of benzene rings is 3. The minimum absolute atomic E-state index is 0.352. The third-order valence-electron chi connectivity index (χ3n) is 5.23. The van der Waals surface area contributed by atoms with Crippen LogP contribution < -0.4 is 0 Å². The van der Waals surface area contributed by atoms with Crippen molar-refractivity contribution in [1.82, 2.24) is 0 Å². The molecular weight excluding hydrogens is 442 g/mol. The van der Waals surface area contributed by atoms with Crippen molar-refractivity contribution in [3.05, 3.63) is 105 Å². The molecule has 0 N–H and O–H groups in total. The molecule has 0 aromatic heterocycles. The van der Waals surface area contributed by atoms with Gasteiger partial charge >= 0.3 is 5.97 Å². The van der Waals surface area contributed by atoms with Crippen molar-refractivity contribution in [1.29, 1.82) is 0 Å². The van der Waals surface area contributed by atoms with E-state index in [0.29, 0.717) is 19.6 Å². The Labute approximate surface area is 184 Å². The zero-order valence-electron chi connectivity index (χ0n) is 16.7. The van der Waals surface area contributed by atoms with Gasteiger partial charge in [0.15, 0.2) is 6.04 Å². The molecule has 1 aliphatic heterocycles. The molecule has 5 heteroatoms. The number of aliphatic imine (C=N–C) groups is 1. The Morgan fingerprint density at radius 2 is 1.57 bits per heavy atom. The molecule has 0 bridgehead atoms.